The Morgan fingerprint density at radius 3 is 2.70 bits per heavy atom. The summed E-state index contributed by atoms with van der Waals surface area (Å²) in [6.45, 7) is 2.68. The monoisotopic (exact) mass is 514 g/mol. The third-order valence-electron chi connectivity index (χ3n) is 6.30. The van der Waals surface area contributed by atoms with Crippen molar-refractivity contribution in [3.05, 3.63) is 95.8 Å². The summed E-state index contributed by atoms with van der Waals surface area (Å²) in [6, 6.07) is 24.0. The fourth-order valence-electron chi connectivity index (χ4n) is 4.32. The van der Waals surface area contributed by atoms with Crippen LogP contribution in [-0.4, -0.2) is 35.5 Å². The summed E-state index contributed by atoms with van der Waals surface area (Å²) in [6.07, 6.45) is 3.37. The number of aliphatic hydroxyl groups is 1. The van der Waals surface area contributed by atoms with E-state index in [0.717, 1.165) is 32.8 Å². The van der Waals surface area contributed by atoms with E-state index in [9.17, 15) is 4.79 Å². The first-order chi connectivity index (χ1) is 18.1. The fourth-order valence-corrected chi connectivity index (χ4v) is 5.39. The number of rotatable bonds is 9. The number of nitrogens with zero attached hydrogens (tertiary/aromatic N) is 1. The van der Waals surface area contributed by atoms with Crippen molar-refractivity contribution in [3.8, 4) is 10.6 Å². The summed E-state index contributed by atoms with van der Waals surface area (Å²) in [5.41, 5.74) is 5.00. The van der Waals surface area contributed by atoms with Crippen LogP contribution in [-0.2, 0) is 14.3 Å². The maximum absolute atomic E-state index is 13.2. The molecule has 7 heteroatoms. The van der Waals surface area contributed by atoms with Crippen LogP contribution >= 0.6 is 11.3 Å². The molecular weight excluding hydrogens is 484 g/mol. The van der Waals surface area contributed by atoms with Crippen LogP contribution in [0.3, 0.4) is 0 Å². The van der Waals surface area contributed by atoms with Gasteiger partial charge in [0.25, 0.3) is 5.91 Å². The molecule has 190 valence electrons. The summed E-state index contributed by atoms with van der Waals surface area (Å²) < 4.78 is 13.0. The summed E-state index contributed by atoms with van der Waals surface area (Å²) in [5, 5.41) is 12.9. The fraction of sp³-hybridized carbons (Fsp3) is 0.267. The smallest absolute Gasteiger partial charge is 0.290 e. The van der Waals surface area contributed by atoms with Gasteiger partial charge in [0, 0.05) is 30.2 Å². The van der Waals surface area contributed by atoms with E-state index in [1.54, 1.807) is 11.3 Å². The highest BCUT2D eigenvalue weighted by atomic mass is 32.1. The molecule has 0 radical (unpaired) electrons. The molecule has 1 aliphatic heterocycles. The number of unbranched alkanes of at least 4 members (excludes halogenated alkanes) is 1. The molecule has 6 nitrogen and oxygen atoms in total. The van der Waals surface area contributed by atoms with Crippen molar-refractivity contribution in [2.45, 2.75) is 38.4 Å². The van der Waals surface area contributed by atoms with Crippen molar-refractivity contribution in [3.63, 3.8) is 0 Å². The third-order valence-corrected chi connectivity index (χ3v) is 7.37. The summed E-state index contributed by atoms with van der Waals surface area (Å²) in [4.78, 5) is 17.9. The molecular formula is C30H30N2O4S. The molecule has 0 fully saturated rings. The van der Waals surface area contributed by atoms with Gasteiger partial charge in [-0.15, -0.1) is 11.3 Å². The van der Waals surface area contributed by atoms with Crippen molar-refractivity contribution in [1.29, 1.82) is 0 Å². The number of benzene rings is 3. The van der Waals surface area contributed by atoms with Gasteiger partial charge in [-0.25, -0.2) is 4.98 Å². The number of aromatic nitrogens is 1. The Morgan fingerprint density at radius 2 is 1.92 bits per heavy atom. The van der Waals surface area contributed by atoms with Gasteiger partial charge in [-0.1, -0.05) is 36.4 Å². The Kier molecular flexibility index (Phi) is 7.94. The van der Waals surface area contributed by atoms with E-state index in [2.05, 4.69) is 24.4 Å². The molecule has 1 amide bonds. The number of thiazole rings is 1. The highest BCUT2D eigenvalue weighted by molar-refractivity contribution is 7.21. The number of aryl methyl sites for hydroxylation is 1. The van der Waals surface area contributed by atoms with Gasteiger partial charge in [0.2, 0.25) is 6.29 Å². The number of ether oxygens (including phenoxy) is 2. The van der Waals surface area contributed by atoms with E-state index in [-0.39, 0.29) is 24.2 Å². The SMILES string of the molecule is Cc1ccc2nc(-c3ccc(NC(=O)C4=C[C@@H](c5ccccc5)C[C@@H](OCCCCO)O4)cc3)sc2c1. The molecule has 37 heavy (non-hydrogen) atoms. The second-order valence-electron chi connectivity index (χ2n) is 9.15. The average Bonchev–Trinajstić information content (AvgIpc) is 3.35. The number of aliphatic hydroxyl groups excluding tert-OH is 1. The number of carbonyl (C=O) groups is 1. The molecule has 0 saturated heterocycles. The Morgan fingerprint density at radius 1 is 1.11 bits per heavy atom. The molecule has 0 spiro atoms. The number of fused-ring (bicyclic) bond motifs is 1. The lowest BCUT2D eigenvalue weighted by Crippen LogP contribution is -2.29. The number of amides is 1. The number of nitrogens with one attached hydrogen (secondary N) is 1. The van der Waals surface area contributed by atoms with Gasteiger partial charge in [-0.05, 0) is 73.4 Å². The highest BCUT2D eigenvalue weighted by Crippen LogP contribution is 2.33. The van der Waals surface area contributed by atoms with Crippen molar-refractivity contribution in [2.24, 2.45) is 0 Å². The van der Waals surface area contributed by atoms with Crippen LogP contribution < -0.4 is 5.32 Å². The first-order valence-electron chi connectivity index (χ1n) is 12.5. The zero-order valence-corrected chi connectivity index (χ0v) is 21.5. The number of carbonyl (C=O) groups excluding carboxylic acids is 1. The van der Waals surface area contributed by atoms with Crippen molar-refractivity contribution < 1.29 is 19.4 Å². The van der Waals surface area contributed by atoms with Gasteiger partial charge >= 0.3 is 0 Å². The quantitative estimate of drug-likeness (QED) is 0.252. The molecule has 4 aromatic rings. The molecule has 1 aromatic heterocycles. The van der Waals surface area contributed by atoms with Gasteiger partial charge in [0.1, 0.15) is 5.01 Å². The Labute approximate surface area is 220 Å². The largest absolute Gasteiger partial charge is 0.459 e. The van der Waals surface area contributed by atoms with E-state index < -0.39 is 6.29 Å². The van der Waals surface area contributed by atoms with E-state index in [1.165, 1.54) is 5.56 Å². The summed E-state index contributed by atoms with van der Waals surface area (Å²) in [7, 11) is 0. The standard InChI is InChI=1S/C30H30N2O4S/c1-20-9-14-25-27(17-20)37-30(32-25)22-10-12-24(13-11-22)31-29(34)26-18-23(21-7-3-2-4-8-21)19-28(36-26)35-16-6-5-15-33/h2-4,7-14,17-18,23,28,33H,5-6,15-16,19H2,1H3,(H,31,34)/t23-,28+/m1/s1. The second kappa shape index (κ2) is 11.7. The van der Waals surface area contributed by atoms with Gasteiger partial charge in [0.15, 0.2) is 5.76 Å². The molecule has 2 heterocycles. The first kappa shape index (κ1) is 25.1. The van der Waals surface area contributed by atoms with Crippen molar-refractivity contribution in [2.75, 3.05) is 18.5 Å². The lowest BCUT2D eigenvalue weighted by atomic mass is 9.93. The van der Waals surface area contributed by atoms with Crippen LogP contribution in [0.1, 0.15) is 36.3 Å². The Hall–Kier alpha value is -3.52. The second-order valence-corrected chi connectivity index (χ2v) is 10.2. The Balaban J connectivity index is 1.29. The number of hydrogen-bond donors (Lipinski definition) is 2. The normalized spacial score (nSPS) is 17.3. The predicted octanol–water partition coefficient (Wildman–Crippen LogP) is 6.41. The average molecular weight is 515 g/mol. The zero-order valence-electron chi connectivity index (χ0n) is 20.7. The van der Waals surface area contributed by atoms with E-state index >= 15 is 0 Å². The van der Waals surface area contributed by atoms with Crippen LogP contribution in [0.2, 0.25) is 0 Å². The topological polar surface area (TPSA) is 80.7 Å². The van der Waals surface area contributed by atoms with E-state index in [1.807, 2.05) is 66.7 Å². The molecule has 0 bridgehead atoms. The van der Waals surface area contributed by atoms with E-state index in [4.69, 9.17) is 19.6 Å². The highest BCUT2D eigenvalue weighted by Gasteiger charge is 2.28. The minimum absolute atomic E-state index is 0.00332. The molecule has 5 rings (SSSR count). The predicted molar refractivity (Wildman–Crippen MR) is 147 cm³/mol. The molecule has 0 aliphatic carbocycles. The summed E-state index contributed by atoms with van der Waals surface area (Å²) >= 11 is 1.66. The van der Waals surface area contributed by atoms with Crippen LogP contribution in [0.5, 0.6) is 0 Å². The van der Waals surface area contributed by atoms with E-state index in [0.29, 0.717) is 25.1 Å². The molecule has 0 unspecified atom stereocenters. The van der Waals surface area contributed by atoms with Crippen LogP contribution in [0.4, 0.5) is 5.69 Å². The zero-order chi connectivity index (χ0) is 25.6. The lowest BCUT2D eigenvalue weighted by molar-refractivity contribution is -0.143. The number of hydrogen-bond acceptors (Lipinski definition) is 6. The third kappa shape index (κ3) is 6.25. The minimum atomic E-state index is -0.528. The molecule has 2 N–H and O–H groups in total. The van der Waals surface area contributed by atoms with Crippen LogP contribution in [0, 0.1) is 6.92 Å². The molecule has 2 atom stereocenters. The van der Waals surface area contributed by atoms with Crippen LogP contribution in [0.15, 0.2) is 84.6 Å². The van der Waals surface area contributed by atoms with Gasteiger partial charge in [-0.3, -0.25) is 4.79 Å². The molecule has 1 aliphatic rings. The lowest BCUT2D eigenvalue weighted by Gasteiger charge is -2.29. The van der Waals surface area contributed by atoms with Gasteiger partial charge < -0.3 is 19.9 Å². The minimum Gasteiger partial charge on any atom is -0.459 e. The number of anilines is 1. The summed E-state index contributed by atoms with van der Waals surface area (Å²) in [5.74, 6) is -0.0609. The molecule has 3 aromatic carbocycles. The molecule has 0 saturated carbocycles. The van der Waals surface area contributed by atoms with Gasteiger partial charge in [0.05, 0.1) is 16.8 Å². The van der Waals surface area contributed by atoms with Crippen LogP contribution in [0.25, 0.3) is 20.8 Å². The van der Waals surface area contributed by atoms with Crippen molar-refractivity contribution in [1.82, 2.24) is 4.98 Å². The first-order valence-corrected chi connectivity index (χ1v) is 13.4. The number of allylic oxidation sites excluding steroid dienone is 1. The maximum atomic E-state index is 13.2. The Bertz CT molecular complexity index is 1380. The maximum Gasteiger partial charge on any atom is 0.290 e. The van der Waals surface area contributed by atoms with Gasteiger partial charge in [-0.2, -0.15) is 0 Å². The van der Waals surface area contributed by atoms with Crippen molar-refractivity contribution >= 4 is 33.1 Å².